The number of amides is 2. The zero-order valence-corrected chi connectivity index (χ0v) is 19.5. The fourth-order valence-corrected chi connectivity index (χ4v) is 4.72. The number of carbonyl (C=O) groups excluding carboxylic acids is 2. The molecular formula is C28H31N3O2. The molecule has 1 heterocycles. The number of carbonyl (C=O) groups is 2. The lowest BCUT2D eigenvalue weighted by Gasteiger charge is -2.43. The van der Waals surface area contributed by atoms with E-state index in [4.69, 9.17) is 0 Å². The average Bonchev–Trinajstić information content (AvgIpc) is 2.88. The molecule has 1 saturated heterocycles. The van der Waals surface area contributed by atoms with Gasteiger partial charge in [-0.15, -0.1) is 0 Å². The van der Waals surface area contributed by atoms with Crippen molar-refractivity contribution in [2.24, 2.45) is 0 Å². The van der Waals surface area contributed by atoms with E-state index in [1.165, 1.54) is 0 Å². The van der Waals surface area contributed by atoms with Gasteiger partial charge in [-0.25, -0.2) is 0 Å². The fraction of sp³-hybridized carbons (Fsp3) is 0.286. The van der Waals surface area contributed by atoms with Gasteiger partial charge in [0.15, 0.2) is 0 Å². The zero-order chi connectivity index (χ0) is 23.4. The third-order valence-corrected chi connectivity index (χ3v) is 6.83. The molecule has 3 aromatic rings. The molecule has 1 atom stereocenters. The van der Waals surface area contributed by atoms with Crippen molar-refractivity contribution in [3.63, 3.8) is 0 Å². The summed E-state index contributed by atoms with van der Waals surface area (Å²) in [7, 11) is 3.71. The molecule has 0 aliphatic carbocycles. The Labute approximate surface area is 196 Å². The van der Waals surface area contributed by atoms with E-state index in [-0.39, 0.29) is 17.9 Å². The van der Waals surface area contributed by atoms with Gasteiger partial charge in [0.25, 0.3) is 5.91 Å². The third-order valence-electron chi connectivity index (χ3n) is 6.83. The Morgan fingerprint density at radius 2 is 1.48 bits per heavy atom. The molecule has 1 N–H and O–H groups in total. The average molecular weight is 442 g/mol. The quantitative estimate of drug-likeness (QED) is 0.654. The van der Waals surface area contributed by atoms with E-state index in [0.717, 1.165) is 23.2 Å². The summed E-state index contributed by atoms with van der Waals surface area (Å²) in [6, 6.07) is 27.7. The Balaban J connectivity index is 1.68. The SMILES string of the molecule is CNC(=O)c1cccc(C2CN(C(=O)C(C)(c3ccccc3)c3ccccc3)CCN2C)c1. The first kappa shape index (κ1) is 22.7. The van der Waals surface area contributed by atoms with Gasteiger partial charge in [-0.2, -0.15) is 0 Å². The van der Waals surface area contributed by atoms with Gasteiger partial charge in [-0.05, 0) is 42.8 Å². The molecule has 1 aliphatic heterocycles. The van der Waals surface area contributed by atoms with Crippen molar-refractivity contribution in [3.8, 4) is 0 Å². The monoisotopic (exact) mass is 441 g/mol. The van der Waals surface area contributed by atoms with Crippen LogP contribution in [0.1, 0.15) is 40.0 Å². The van der Waals surface area contributed by atoms with Crippen LogP contribution < -0.4 is 5.32 Å². The first-order valence-electron chi connectivity index (χ1n) is 11.4. The van der Waals surface area contributed by atoms with Crippen LogP contribution in [-0.2, 0) is 10.2 Å². The molecule has 3 aromatic carbocycles. The highest BCUT2D eigenvalue weighted by Gasteiger charge is 2.42. The van der Waals surface area contributed by atoms with Crippen molar-refractivity contribution < 1.29 is 9.59 Å². The first-order valence-corrected chi connectivity index (χ1v) is 11.4. The second-order valence-corrected chi connectivity index (χ2v) is 8.81. The van der Waals surface area contributed by atoms with E-state index >= 15 is 0 Å². The standard InChI is InChI=1S/C28H31N3O2/c1-28(23-13-6-4-7-14-23,24-15-8-5-9-16-24)27(33)31-18-17-30(3)25(20-31)21-11-10-12-22(19-21)26(32)29-2/h4-16,19,25H,17-18,20H2,1-3H3,(H,29,32). The van der Waals surface area contributed by atoms with E-state index in [1.54, 1.807) is 7.05 Å². The molecule has 4 rings (SSSR count). The molecule has 33 heavy (non-hydrogen) atoms. The van der Waals surface area contributed by atoms with Crippen LogP contribution in [0.3, 0.4) is 0 Å². The predicted molar refractivity (Wildman–Crippen MR) is 131 cm³/mol. The van der Waals surface area contributed by atoms with Crippen LogP contribution in [0.15, 0.2) is 84.9 Å². The highest BCUT2D eigenvalue weighted by molar-refractivity contribution is 5.94. The van der Waals surface area contributed by atoms with Crippen molar-refractivity contribution in [3.05, 3.63) is 107 Å². The molecule has 0 spiro atoms. The largest absolute Gasteiger partial charge is 0.355 e. The maximum absolute atomic E-state index is 14.2. The van der Waals surface area contributed by atoms with Crippen LogP contribution in [0.5, 0.6) is 0 Å². The molecule has 5 nitrogen and oxygen atoms in total. The van der Waals surface area contributed by atoms with Gasteiger partial charge < -0.3 is 10.2 Å². The highest BCUT2D eigenvalue weighted by atomic mass is 16.2. The molecule has 0 radical (unpaired) electrons. The summed E-state index contributed by atoms with van der Waals surface area (Å²) in [5, 5.41) is 2.69. The van der Waals surface area contributed by atoms with Gasteiger partial charge in [-0.3, -0.25) is 14.5 Å². The van der Waals surface area contributed by atoms with E-state index in [2.05, 4.69) is 17.3 Å². The predicted octanol–water partition coefficient (Wildman–Crippen LogP) is 3.87. The lowest BCUT2D eigenvalue weighted by molar-refractivity contribution is -0.138. The van der Waals surface area contributed by atoms with Crippen molar-refractivity contribution >= 4 is 11.8 Å². The van der Waals surface area contributed by atoms with Crippen LogP contribution in [0, 0.1) is 0 Å². The molecular weight excluding hydrogens is 410 g/mol. The lowest BCUT2D eigenvalue weighted by Crippen LogP contribution is -2.54. The third kappa shape index (κ3) is 4.41. The van der Waals surface area contributed by atoms with Crippen molar-refractivity contribution in [1.82, 2.24) is 15.1 Å². The topological polar surface area (TPSA) is 52.7 Å². The minimum atomic E-state index is -0.785. The summed E-state index contributed by atoms with van der Waals surface area (Å²) in [6.45, 7) is 4.03. The maximum Gasteiger partial charge on any atom is 0.251 e. The van der Waals surface area contributed by atoms with E-state index in [1.807, 2.05) is 96.8 Å². The number of hydrogen-bond donors (Lipinski definition) is 1. The number of nitrogens with one attached hydrogen (secondary N) is 1. The second-order valence-electron chi connectivity index (χ2n) is 8.81. The summed E-state index contributed by atoms with van der Waals surface area (Å²) in [6.07, 6.45) is 0. The number of hydrogen-bond acceptors (Lipinski definition) is 3. The van der Waals surface area contributed by atoms with Gasteiger partial charge in [-0.1, -0.05) is 72.8 Å². The van der Waals surface area contributed by atoms with E-state index < -0.39 is 5.41 Å². The molecule has 0 aromatic heterocycles. The first-order chi connectivity index (χ1) is 15.9. The Morgan fingerprint density at radius 3 is 2.06 bits per heavy atom. The fourth-order valence-electron chi connectivity index (χ4n) is 4.72. The Hall–Kier alpha value is -3.44. The smallest absolute Gasteiger partial charge is 0.251 e. The number of rotatable bonds is 5. The van der Waals surface area contributed by atoms with Crippen LogP contribution >= 0.6 is 0 Å². The van der Waals surface area contributed by atoms with Crippen molar-refractivity contribution in [2.45, 2.75) is 18.4 Å². The number of benzene rings is 3. The Kier molecular flexibility index (Phi) is 6.61. The molecule has 0 saturated carbocycles. The minimum Gasteiger partial charge on any atom is -0.355 e. The van der Waals surface area contributed by atoms with Crippen LogP contribution in [0.4, 0.5) is 0 Å². The molecule has 1 unspecified atom stereocenters. The molecule has 2 amide bonds. The maximum atomic E-state index is 14.2. The van der Waals surface area contributed by atoms with Gasteiger partial charge >= 0.3 is 0 Å². The summed E-state index contributed by atoms with van der Waals surface area (Å²) < 4.78 is 0. The van der Waals surface area contributed by atoms with Gasteiger partial charge in [0.1, 0.15) is 0 Å². The molecule has 170 valence electrons. The molecule has 1 aliphatic rings. The zero-order valence-electron chi connectivity index (χ0n) is 19.5. The molecule has 5 heteroatoms. The summed E-state index contributed by atoms with van der Waals surface area (Å²) >= 11 is 0. The van der Waals surface area contributed by atoms with E-state index in [9.17, 15) is 9.59 Å². The summed E-state index contributed by atoms with van der Waals surface area (Å²) in [5.41, 5.74) is 2.85. The van der Waals surface area contributed by atoms with Crippen molar-refractivity contribution in [2.75, 3.05) is 33.7 Å². The molecule has 1 fully saturated rings. The minimum absolute atomic E-state index is 0.0168. The summed E-state index contributed by atoms with van der Waals surface area (Å²) in [5.74, 6) is -0.00979. The van der Waals surface area contributed by atoms with Crippen molar-refractivity contribution in [1.29, 1.82) is 0 Å². The van der Waals surface area contributed by atoms with Gasteiger partial charge in [0.2, 0.25) is 5.91 Å². The Morgan fingerprint density at radius 1 is 0.879 bits per heavy atom. The van der Waals surface area contributed by atoms with E-state index in [0.29, 0.717) is 18.7 Å². The van der Waals surface area contributed by atoms with Crippen LogP contribution in [0.25, 0.3) is 0 Å². The lowest BCUT2D eigenvalue weighted by atomic mass is 9.74. The van der Waals surface area contributed by atoms with Crippen LogP contribution in [0.2, 0.25) is 0 Å². The van der Waals surface area contributed by atoms with Gasteiger partial charge in [0, 0.05) is 32.2 Å². The number of piperazine rings is 1. The second kappa shape index (κ2) is 9.59. The number of nitrogens with zero attached hydrogens (tertiary/aromatic N) is 2. The normalized spacial score (nSPS) is 16.9. The number of likely N-dealkylation sites (N-methyl/N-ethyl adjacent to an activating group) is 1. The highest BCUT2D eigenvalue weighted by Crippen LogP contribution is 2.36. The van der Waals surface area contributed by atoms with Crippen LogP contribution in [-0.4, -0.2) is 55.3 Å². The summed E-state index contributed by atoms with van der Waals surface area (Å²) in [4.78, 5) is 30.6. The Bertz CT molecular complexity index is 1070. The molecule has 0 bridgehead atoms. The van der Waals surface area contributed by atoms with Gasteiger partial charge in [0.05, 0.1) is 11.5 Å².